The summed E-state index contributed by atoms with van der Waals surface area (Å²) in [5.74, 6) is -2.74. The molecule has 0 amide bonds. The molecule has 0 unspecified atom stereocenters. The monoisotopic (exact) mass is 830 g/mol. The molecule has 21 heteroatoms. The van der Waals surface area contributed by atoms with Gasteiger partial charge in [0.05, 0.1) is 25.9 Å². The number of benzene rings is 2. The third-order valence-corrected chi connectivity index (χ3v) is 9.82. The van der Waals surface area contributed by atoms with Crippen molar-refractivity contribution in [3.05, 3.63) is 53.6 Å². The highest BCUT2D eigenvalue weighted by atomic mass is 16.8. The molecule has 5 rings (SSSR count). The quantitative estimate of drug-likeness (QED) is 0.0495. The predicted octanol–water partition coefficient (Wildman–Crippen LogP) is -2.66. The highest BCUT2D eigenvalue weighted by Crippen LogP contribution is 2.35. The fourth-order valence-corrected chi connectivity index (χ4v) is 6.62. The van der Waals surface area contributed by atoms with Crippen molar-refractivity contribution >= 4 is 12.0 Å². The van der Waals surface area contributed by atoms with Gasteiger partial charge in [-0.15, -0.1) is 0 Å². The fourth-order valence-electron chi connectivity index (χ4n) is 6.62. The molecule has 324 valence electrons. The maximum Gasteiger partial charge on any atom is 0.331 e. The van der Waals surface area contributed by atoms with E-state index in [0.29, 0.717) is 5.56 Å². The van der Waals surface area contributed by atoms with Crippen molar-refractivity contribution in [1.82, 2.24) is 0 Å². The van der Waals surface area contributed by atoms with E-state index in [-0.39, 0.29) is 24.5 Å². The molecule has 3 aliphatic rings. The Kier molecular flexibility index (Phi) is 15.6. The van der Waals surface area contributed by atoms with Crippen LogP contribution in [0.15, 0.2) is 42.5 Å². The first-order valence-corrected chi connectivity index (χ1v) is 18.3. The Morgan fingerprint density at radius 2 is 1.29 bits per heavy atom. The highest BCUT2D eigenvalue weighted by molar-refractivity contribution is 5.87. The Hall–Kier alpha value is -3.75. The van der Waals surface area contributed by atoms with Crippen molar-refractivity contribution in [1.29, 1.82) is 0 Å². The Bertz CT molecular complexity index is 1680. The standard InChI is InChI=1S/C37H50O21/c1-3-51-24(17-6-8-19(41)21(43)11-17)14-52-35-31(50)34(33(23(13-39)55-35)56-25(44)9-5-16-4-7-18(40)20(42)10-16)58-36-30(49)28(47)32(15(2)53-36)57-37-29(48)27(46)26(45)22(12-38)54-37/h4-11,15,22-24,26-43,45-50H,3,12-14H2,1-2H3/t15-,22+,23+,24+,26+,27-,28-,29+,30+,31+,32-,33+,34+,35+,36-,37-/m0/s1. The molecule has 21 nitrogen and oxygen atoms in total. The number of aliphatic hydroxyl groups is 8. The van der Waals surface area contributed by atoms with Crippen LogP contribution in [0.3, 0.4) is 0 Å². The molecular weight excluding hydrogens is 780 g/mol. The predicted molar refractivity (Wildman–Crippen MR) is 190 cm³/mol. The summed E-state index contributed by atoms with van der Waals surface area (Å²) in [6.07, 6.45) is -23.9. The number of hydrogen-bond donors (Lipinski definition) is 12. The molecular formula is C37H50O21. The summed E-state index contributed by atoms with van der Waals surface area (Å²) >= 11 is 0. The normalized spacial score (nSPS) is 36.1. The summed E-state index contributed by atoms with van der Waals surface area (Å²) < 4.78 is 45.9. The second-order valence-electron chi connectivity index (χ2n) is 13.8. The first kappa shape index (κ1) is 45.3. The molecule has 2 aromatic rings. The maximum atomic E-state index is 13.1. The van der Waals surface area contributed by atoms with Gasteiger partial charge >= 0.3 is 5.97 Å². The summed E-state index contributed by atoms with van der Waals surface area (Å²) in [6.45, 7) is 1.29. The third-order valence-electron chi connectivity index (χ3n) is 9.82. The van der Waals surface area contributed by atoms with Crippen LogP contribution in [0.25, 0.3) is 6.08 Å². The van der Waals surface area contributed by atoms with Gasteiger partial charge in [-0.05, 0) is 55.3 Å². The number of rotatable bonds is 15. The van der Waals surface area contributed by atoms with Crippen molar-refractivity contribution in [2.45, 2.75) is 112 Å². The van der Waals surface area contributed by atoms with Gasteiger partial charge in [0, 0.05) is 12.7 Å². The third kappa shape index (κ3) is 10.3. The van der Waals surface area contributed by atoms with E-state index in [9.17, 15) is 66.1 Å². The minimum absolute atomic E-state index is 0.169. The lowest BCUT2D eigenvalue weighted by atomic mass is 9.96. The molecule has 3 aliphatic heterocycles. The average Bonchev–Trinajstić information content (AvgIpc) is 3.20. The molecule has 16 atom stereocenters. The number of carbonyl (C=O) groups is 1. The molecule has 0 aliphatic carbocycles. The molecule has 0 saturated carbocycles. The number of hydrogen-bond acceptors (Lipinski definition) is 21. The summed E-state index contributed by atoms with van der Waals surface area (Å²) in [7, 11) is 0. The van der Waals surface area contributed by atoms with Crippen LogP contribution in [0.1, 0.15) is 31.1 Å². The zero-order valence-electron chi connectivity index (χ0n) is 31.2. The molecule has 0 spiro atoms. The van der Waals surface area contributed by atoms with Crippen molar-refractivity contribution in [3.63, 3.8) is 0 Å². The zero-order chi connectivity index (χ0) is 42.4. The summed E-state index contributed by atoms with van der Waals surface area (Å²) in [4.78, 5) is 13.1. The van der Waals surface area contributed by atoms with E-state index in [1.54, 1.807) is 6.92 Å². The van der Waals surface area contributed by atoms with E-state index in [4.69, 9.17) is 37.9 Å². The van der Waals surface area contributed by atoms with Crippen LogP contribution in [-0.2, 0) is 42.7 Å². The van der Waals surface area contributed by atoms with E-state index < -0.39 is 135 Å². The second-order valence-corrected chi connectivity index (χ2v) is 13.8. The topological polar surface area (TPSA) is 334 Å². The molecule has 12 N–H and O–H groups in total. The Morgan fingerprint density at radius 3 is 1.93 bits per heavy atom. The SMILES string of the molecule is CCO[C@H](CO[C@@H]1O[C@H](CO)[C@@H](OC(=O)C=Cc2ccc(O)c(O)c2)[C@H](O[C@@H]2O[C@@H](C)[C@H](O[C@@H]3O[C@H](CO)[C@@H](O)[C@H](O)[C@H]3O)[C@@H](O)[C@H]2O)[C@H]1O)c1ccc(O)c(O)c1. The van der Waals surface area contributed by atoms with Crippen LogP contribution in [0.5, 0.6) is 23.0 Å². The molecule has 2 aromatic carbocycles. The molecule has 0 aromatic heterocycles. The number of phenols is 4. The van der Waals surface area contributed by atoms with E-state index in [0.717, 1.165) is 12.1 Å². The molecule has 3 heterocycles. The number of esters is 1. The lowest BCUT2D eigenvalue weighted by Crippen LogP contribution is -2.66. The van der Waals surface area contributed by atoms with Crippen molar-refractivity contribution in [2.24, 2.45) is 0 Å². The number of aliphatic hydroxyl groups excluding tert-OH is 8. The van der Waals surface area contributed by atoms with Crippen LogP contribution in [-0.4, -0.2) is 186 Å². The summed E-state index contributed by atoms with van der Waals surface area (Å²) in [5, 5.41) is 124. The first-order valence-electron chi connectivity index (χ1n) is 18.3. The van der Waals surface area contributed by atoms with Crippen molar-refractivity contribution in [3.8, 4) is 23.0 Å². The smallest absolute Gasteiger partial charge is 0.331 e. The van der Waals surface area contributed by atoms with Crippen LogP contribution in [0, 0.1) is 0 Å². The maximum absolute atomic E-state index is 13.1. The van der Waals surface area contributed by atoms with Crippen LogP contribution in [0.2, 0.25) is 0 Å². The van der Waals surface area contributed by atoms with Gasteiger partial charge in [0.25, 0.3) is 0 Å². The molecule has 3 saturated heterocycles. The average molecular weight is 831 g/mol. The minimum atomic E-state index is -1.99. The zero-order valence-corrected chi connectivity index (χ0v) is 31.2. The van der Waals surface area contributed by atoms with Gasteiger partial charge in [0.15, 0.2) is 48.0 Å². The molecule has 3 fully saturated rings. The lowest BCUT2D eigenvalue weighted by molar-refractivity contribution is -0.377. The fraction of sp³-hybridized carbons (Fsp3) is 0.595. The largest absolute Gasteiger partial charge is 0.504 e. The van der Waals surface area contributed by atoms with Crippen molar-refractivity contribution in [2.75, 3.05) is 26.4 Å². The van der Waals surface area contributed by atoms with Crippen molar-refractivity contribution < 1.29 is 104 Å². The van der Waals surface area contributed by atoms with Gasteiger partial charge in [-0.1, -0.05) is 12.1 Å². The van der Waals surface area contributed by atoms with Crippen LogP contribution in [0.4, 0.5) is 0 Å². The lowest BCUT2D eigenvalue weighted by Gasteiger charge is -2.48. The Morgan fingerprint density at radius 1 is 0.690 bits per heavy atom. The van der Waals surface area contributed by atoms with E-state index in [2.05, 4.69) is 0 Å². The minimum Gasteiger partial charge on any atom is -0.504 e. The Balaban J connectivity index is 1.37. The second kappa shape index (κ2) is 20.0. The van der Waals surface area contributed by atoms with Crippen LogP contribution < -0.4 is 0 Å². The molecule has 58 heavy (non-hydrogen) atoms. The van der Waals surface area contributed by atoms with Gasteiger partial charge < -0.3 is 99.2 Å². The number of ether oxygens (including phenoxy) is 8. The Labute approximate surface area is 331 Å². The number of aromatic hydroxyl groups is 4. The van der Waals surface area contributed by atoms with E-state index >= 15 is 0 Å². The van der Waals surface area contributed by atoms with Gasteiger partial charge in [-0.25, -0.2) is 4.79 Å². The highest BCUT2D eigenvalue weighted by Gasteiger charge is 2.54. The van der Waals surface area contributed by atoms with Gasteiger partial charge in [-0.3, -0.25) is 0 Å². The van der Waals surface area contributed by atoms with Gasteiger partial charge in [0.1, 0.15) is 67.1 Å². The first-order chi connectivity index (χ1) is 27.6. The van der Waals surface area contributed by atoms with E-state index in [1.807, 2.05) is 0 Å². The van der Waals surface area contributed by atoms with Crippen LogP contribution >= 0.6 is 0 Å². The number of phenolic OH excluding ortho intramolecular Hbond substituents is 4. The van der Waals surface area contributed by atoms with Gasteiger partial charge in [-0.2, -0.15) is 0 Å². The van der Waals surface area contributed by atoms with E-state index in [1.165, 1.54) is 43.3 Å². The number of carbonyl (C=O) groups excluding carboxylic acids is 1. The summed E-state index contributed by atoms with van der Waals surface area (Å²) in [6, 6.07) is 7.66. The molecule has 0 bridgehead atoms. The summed E-state index contributed by atoms with van der Waals surface area (Å²) in [5.41, 5.74) is 0.650. The molecule has 0 radical (unpaired) electrons. The van der Waals surface area contributed by atoms with Gasteiger partial charge in [0.2, 0.25) is 0 Å².